The fraction of sp³-hybridized carbons (Fsp3) is 0.312. The molecule has 2 N–H and O–H groups in total. The lowest BCUT2D eigenvalue weighted by molar-refractivity contribution is -0.116. The van der Waals surface area contributed by atoms with Crippen molar-refractivity contribution in [3.63, 3.8) is 0 Å². The van der Waals surface area contributed by atoms with E-state index in [1.165, 1.54) is 23.5 Å². The Morgan fingerprint density at radius 3 is 2.61 bits per heavy atom. The van der Waals surface area contributed by atoms with E-state index in [9.17, 15) is 14.0 Å². The largest absolute Gasteiger partial charge is 0.324 e. The summed E-state index contributed by atoms with van der Waals surface area (Å²) in [6, 6.07) is 3.94. The van der Waals surface area contributed by atoms with Gasteiger partial charge in [-0.25, -0.2) is 9.37 Å². The Morgan fingerprint density at radius 1 is 1.30 bits per heavy atom. The number of rotatable bonds is 5. The summed E-state index contributed by atoms with van der Waals surface area (Å²) in [6.07, 6.45) is 1.96. The van der Waals surface area contributed by atoms with Crippen LogP contribution in [-0.4, -0.2) is 16.8 Å². The number of aryl methyl sites for hydroxylation is 1. The van der Waals surface area contributed by atoms with Crippen molar-refractivity contribution in [2.45, 2.75) is 27.2 Å². The summed E-state index contributed by atoms with van der Waals surface area (Å²) >= 11 is 1.34. The molecule has 2 aromatic rings. The van der Waals surface area contributed by atoms with Gasteiger partial charge in [0.2, 0.25) is 5.91 Å². The minimum Gasteiger partial charge on any atom is -0.324 e. The summed E-state index contributed by atoms with van der Waals surface area (Å²) < 4.78 is 14.0. The molecule has 7 heteroatoms. The van der Waals surface area contributed by atoms with E-state index >= 15 is 0 Å². The number of nitrogens with zero attached hydrogens (tertiary/aromatic N) is 1. The van der Waals surface area contributed by atoms with Gasteiger partial charge in [0.05, 0.1) is 5.69 Å². The quantitative estimate of drug-likeness (QED) is 0.872. The highest BCUT2D eigenvalue weighted by Gasteiger charge is 2.13. The first kappa shape index (κ1) is 17.1. The number of amides is 2. The van der Waals surface area contributed by atoms with Crippen LogP contribution in [0.15, 0.2) is 24.4 Å². The first-order valence-corrected chi connectivity index (χ1v) is 8.00. The van der Waals surface area contributed by atoms with Crippen LogP contribution in [-0.2, 0) is 4.79 Å². The highest BCUT2D eigenvalue weighted by atomic mass is 32.1. The molecule has 23 heavy (non-hydrogen) atoms. The van der Waals surface area contributed by atoms with Crippen molar-refractivity contribution >= 4 is 34.0 Å². The van der Waals surface area contributed by atoms with Crippen LogP contribution in [0, 0.1) is 18.7 Å². The molecule has 0 aliphatic rings. The molecule has 2 rings (SSSR count). The van der Waals surface area contributed by atoms with E-state index in [0.29, 0.717) is 11.6 Å². The van der Waals surface area contributed by atoms with Gasteiger partial charge >= 0.3 is 0 Å². The molecule has 0 aliphatic carbocycles. The number of carbonyl (C=O) groups is 2. The van der Waals surface area contributed by atoms with E-state index in [0.717, 1.165) is 10.9 Å². The topological polar surface area (TPSA) is 71.1 Å². The van der Waals surface area contributed by atoms with Crippen LogP contribution in [0.5, 0.6) is 0 Å². The van der Waals surface area contributed by atoms with Crippen LogP contribution < -0.4 is 10.6 Å². The van der Waals surface area contributed by atoms with Gasteiger partial charge in [-0.05, 0) is 31.0 Å². The molecule has 0 spiro atoms. The molecule has 1 aromatic heterocycles. The Bertz CT molecular complexity index is 728. The van der Waals surface area contributed by atoms with E-state index in [1.54, 1.807) is 6.20 Å². The lowest BCUT2D eigenvalue weighted by atomic mass is 10.1. The number of anilines is 2. The van der Waals surface area contributed by atoms with Crippen molar-refractivity contribution in [1.29, 1.82) is 0 Å². The second-order valence-corrected chi connectivity index (χ2v) is 6.81. The highest BCUT2D eigenvalue weighted by molar-refractivity contribution is 7.15. The van der Waals surface area contributed by atoms with E-state index in [-0.39, 0.29) is 23.1 Å². The molecule has 0 saturated heterocycles. The maximum atomic E-state index is 14.0. The van der Waals surface area contributed by atoms with E-state index in [1.807, 2.05) is 20.8 Å². The zero-order chi connectivity index (χ0) is 17.0. The third kappa shape index (κ3) is 4.85. The summed E-state index contributed by atoms with van der Waals surface area (Å²) in [5.41, 5.74) is 0.231. The molecule has 0 atom stereocenters. The van der Waals surface area contributed by atoms with E-state index in [4.69, 9.17) is 0 Å². The van der Waals surface area contributed by atoms with Crippen LogP contribution >= 0.6 is 11.3 Å². The summed E-state index contributed by atoms with van der Waals surface area (Å²) in [5.74, 6) is -1.16. The molecule has 0 bridgehead atoms. The van der Waals surface area contributed by atoms with Gasteiger partial charge in [-0.1, -0.05) is 13.8 Å². The number of nitrogens with one attached hydrogen (secondary N) is 2. The molecule has 1 heterocycles. The molecule has 0 unspecified atom stereocenters. The van der Waals surface area contributed by atoms with Gasteiger partial charge in [-0.2, -0.15) is 0 Å². The maximum Gasteiger partial charge on any atom is 0.257 e. The van der Waals surface area contributed by atoms with Crippen molar-refractivity contribution in [1.82, 2.24) is 4.98 Å². The molecule has 122 valence electrons. The van der Waals surface area contributed by atoms with Crippen LogP contribution in [0.4, 0.5) is 15.2 Å². The minimum atomic E-state index is -0.648. The second-order valence-electron chi connectivity index (χ2n) is 5.57. The van der Waals surface area contributed by atoms with Gasteiger partial charge in [0.25, 0.3) is 5.91 Å². The number of benzene rings is 1. The lowest BCUT2D eigenvalue weighted by Gasteiger charge is -2.09. The van der Waals surface area contributed by atoms with Crippen molar-refractivity contribution in [3.8, 4) is 0 Å². The van der Waals surface area contributed by atoms with Crippen LogP contribution in [0.3, 0.4) is 0 Å². The molecular formula is C16H18FN3O2S. The minimum absolute atomic E-state index is 0.0669. The number of carbonyl (C=O) groups excluding carboxylic acids is 2. The number of hydrogen-bond donors (Lipinski definition) is 2. The Morgan fingerprint density at radius 2 is 2.04 bits per heavy atom. The number of thiazole rings is 1. The molecule has 0 saturated carbocycles. The van der Waals surface area contributed by atoms with Gasteiger partial charge in [0, 0.05) is 23.1 Å². The first-order valence-electron chi connectivity index (χ1n) is 7.18. The van der Waals surface area contributed by atoms with Gasteiger partial charge in [0.1, 0.15) is 5.82 Å². The zero-order valence-corrected chi connectivity index (χ0v) is 14.0. The second kappa shape index (κ2) is 7.32. The molecule has 0 radical (unpaired) electrons. The average Bonchev–Trinajstić information content (AvgIpc) is 2.85. The van der Waals surface area contributed by atoms with Crippen molar-refractivity contribution in [2.24, 2.45) is 5.92 Å². The van der Waals surface area contributed by atoms with Crippen LogP contribution in [0.2, 0.25) is 0 Å². The average molecular weight is 335 g/mol. The lowest BCUT2D eigenvalue weighted by Crippen LogP contribution is -2.16. The van der Waals surface area contributed by atoms with Crippen LogP contribution in [0.1, 0.15) is 35.5 Å². The summed E-state index contributed by atoms with van der Waals surface area (Å²) in [4.78, 5) is 28.7. The Labute approximate surface area is 137 Å². The summed E-state index contributed by atoms with van der Waals surface area (Å²) in [7, 11) is 0. The van der Waals surface area contributed by atoms with Crippen molar-refractivity contribution in [3.05, 3.63) is 40.7 Å². The highest BCUT2D eigenvalue weighted by Crippen LogP contribution is 2.20. The van der Waals surface area contributed by atoms with Gasteiger partial charge in [-0.3, -0.25) is 14.9 Å². The predicted octanol–water partition coefficient (Wildman–Crippen LogP) is 3.83. The Kier molecular flexibility index (Phi) is 5.44. The third-order valence-corrected chi connectivity index (χ3v) is 3.77. The summed E-state index contributed by atoms with van der Waals surface area (Å²) in [6.45, 7) is 5.69. The molecule has 0 aliphatic heterocycles. The van der Waals surface area contributed by atoms with Gasteiger partial charge in [0.15, 0.2) is 5.13 Å². The summed E-state index contributed by atoms with van der Waals surface area (Å²) in [5, 5.41) is 5.57. The molecule has 0 fully saturated rings. The fourth-order valence-corrected chi connectivity index (χ4v) is 2.57. The maximum absolute atomic E-state index is 14.0. The smallest absolute Gasteiger partial charge is 0.257 e. The van der Waals surface area contributed by atoms with E-state index in [2.05, 4.69) is 15.6 Å². The van der Waals surface area contributed by atoms with Crippen molar-refractivity contribution < 1.29 is 14.0 Å². The SMILES string of the molecule is Cc1cnc(NC(=O)c2ccc(NC(=O)CC(C)C)c(F)c2)s1. The molecule has 1 aromatic carbocycles. The number of aromatic nitrogens is 1. The number of halogens is 1. The number of hydrogen-bond acceptors (Lipinski definition) is 4. The predicted molar refractivity (Wildman–Crippen MR) is 89.3 cm³/mol. The molecule has 2 amide bonds. The van der Waals surface area contributed by atoms with Gasteiger partial charge < -0.3 is 5.32 Å². The molecule has 5 nitrogen and oxygen atoms in total. The Balaban J connectivity index is 2.06. The first-order chi connectivity index (χ1) is 10.8. The Hall–Kier alpha value is -2.28. The van der Waals surface area contributed by atoms with Crippen molar-refractivity contribution in [2.75, 3.05) is 10.6 Å². The zero-order valence-electron chi connectivity index (χ0n) is 13.1. The van der Waals surface area contributed by atoms with Gasteiger partial charge in [-0.15, -0.1) is 11.3 Å². The normalized spacial score (nSPS) is 10.7. The standard InChI is InChI=1S/C16H18FN3O2S/c1-9(2)6-14(21)19-13-5-4-11(7-12(13)17)15(22)20-16-18-8-10(3)23-16/h4-5,7-9H,6H2,1-3H3,(H,19,21)(H,18,20,22). The third-order valence-electron chi connectivity index (χ3n) is 2.94. The monoisotopic (exact) mass is 335 g/mol. The fourth-order valence-electron chi connectivity index (χ4n) is 1.91. The van der Waals surface area contributed by atoms with Crippen LogP contribution in [0.25, 0.3) is 0 Å². The van der Waals surface area contributed by atoms with E-state index < -0.39 is 11.7 Å². The molecular weight excluding hydrogens is 317 g/mol.